The van der Waals surface area contributed by atoms with Crippen molar-refractivity contribution in [2.24, 2.45) is 5.10 Å². The van der Waals surface area contributed by atoms with Crippen LogP contribution in [0, 0.1) is 0 Å². The van der Waals surface area contributed by atoms with Gasteiger partial charge in [0.2, 0.25) is 0 Å². The molecule has 3 rings (SSSR count). The van der Waals surface area contributed by atoms with E-state index in [1.54, 1.807) is 31.2 Å². The molecule has 122 valence electrons. The van der Waals surface area contributed by atoms with E-state index in [2.05, 4.69) is 12.0 Å². The molecule has 1 amide bonds. The van der Waals surface area contributed by atoms with Crippen molar-refractivity contribution in [1.82, 2.24) is 0 Å². The molecule has 0 aromatic heterocycles. The average Bonchev–Trinajstić information content (AvgIpc) is 2.86. The standard InChI is InChI=1S/C19H16Cl2N2O/c1-3-13-7-9-14(10-8-13)23-19(24)15(12(2)22-23)11-16-17(20)5-4-6-18(16)21/h4-11H,3H2,1-2H3. The molecule has 5 heteroatoms. The molecule has 0 saturated carbocycles. The Morgan fingerprint density at radius 1 is 1.08 bits per heavy atom. The Hall–Kier alpha value is -2.10. The van der Waals surface area contributed by atoms with Gasteiger partial charge in [0.15, 0.2) is 0 Å². The summed E-state index contributed by atoms with van der Waals surface area (Å²) in [4.78, 5) is 12.8. The lowest BCUT2D eigenvalue weighted by Crippen LogP contribution is -2.21. The number of benzene rings is 2. The molecule has 0 bridgehead atoms. The quantitative estimate of drug-likeness (QED) is 0.679. The first-order valence-electron chi connectivity index (χ1n) is 7.66. The number of hydrogen-bond donors (Lipinski definition) is 0. The molecule has 2 aromatic carbocycles. The molecule has 2 aromatic rings. The van der Waals surface area contributed by atoms with Gasteiger partial charge in [-0.1, -0.05) is 48.3 Å². The highest BCUT2D eigenvalue weighted by Crippen LogP contribution is 2.30. The molecular weight excluding hydrogens is 343 g/mol. The largest absolute Gasteiger partial charge is 0.280 e. The van der Waals surface area contributed by atoms with Crippen LogP contribution in [0.2, 0.25) is 10.0 Å². The minimum Gasteiger partial charge on any atom is -0.267 e. The summed E-state index contributed by atoms with van der Waals surface area (Å²) < 4.78 is 0. The van der Waals surface area contributed by atoms with Crippen LogP contribution in [0.1, 0.15) is 25.0 Å². The first-order valence-corrected chi connectivity index (χ1v) is 8.41. The fourth-order valence-electron chi connectivity index (χ4n) is 2.53. The van der Waals surface area contributed by atoms with Gasteiger partial charge in [0.05, 0.1) is 17.0 Å². The van der Waals surface area contributed by atoms with E-state index in [-0.39, 0.29) is 5.91 Å². The monoisotopic (exact) mass is 358 g/mol. The highest BCUT2D eigenvalue weighted by Gasteiger charge is 2.29. The van der Waals surface area contributed by atoms with Crippen molar-refractivity contribution in [3.05, 3.63) is 69.2 Å². The van der Waals surface area contributed by atoms with Crippen molar-refractivity contribution in [2.75, 3.05) is 5.01 Å². The summed E-state index contributed by atoms with van der Waals surface area (Å²) in [5, 5.41) is 6.79. The minimum absolute atomic E-state index is 0.187. The Kier molecular flexibility index (Phi) is 4.74. The molecule has 0 atom stereocenters. The van der Waals surface area contributed by atoms with Crippen molar-refractivity contribution >= 4 is 46.6 Å². The van der Waals surface area contributed by atoms with Gasteiger partial charge in [-0.05, 0) is 49.2 Å². The SMILES string of the molecule is CCc1ccc(N2N=C(C)C(=Cc3c(Cl)cccc3Cl)C2=O)cc1. The smallest absolute Gasteiger partial charge is 0.267 e. The topological polar surface area (TPSA) is 32.7 Å². The number of halogens is 2. The Balaban J connectivity index is 1.97. The average molecular weight is 359 g/mol. The van der Waals surface area contributed by atoms with Crippen LogP contribution in [0.15, 0.2) is 53.1 Å². The number of hydrogen-bond acceptors (Lipinski definition) is 2. The number of anilines is 1. The second-order valence-corrected chi connectivity index (χ2v) is 6.33. The molecule has 24 heavy (non-hydrogen) atoms. The van der Waals surface area contributed by atoms with Gasteiger partial charge < -0.3 is 0 Å². The zero-order valence-corrected chi connectivity index (χ0v) is 14.9. The van der Waals surface area contributed by atoms with E-state index >= 15 is 0 Å². The number of amides is 1. The van der Waals surface area contributed by atoms with E-state index < -0.39 is 0 Å². The fraction of sp³-hybridized carbons (Fsp3) is 0.158. The highest BCUT2D eigenvalue weighted by molar-refractivity contribution is 6.39. The van der Waals surface area contributed by atoms with Crippen LogP contribution in [0.25, 0.3) is 6.08 Å². The molecule has 0 aliphatic carbocycles. The summed E-state index contributed by atoms with van der Waals surface area (Å²) >= 11 is 12.4. The second kappa shape index (κ2) is 6.80. The second-order valence-electron chi connectivity index (χ2n) is 5.52. The molecule has 0 spiro atoms. The van der Waals surface area contributed by atoms with Crippen molar-refractivity contribution < 1.29 is 4.79 Å². The van der Waals surface area contributed by atoms with Crippen molar-refractivity contribution in [3.63, 3.8) is 0 Å². The van der Waals surface area contributed by atoms with Crippen LogP contribution < -0.4 is 5.01 Å². The summed E-state index contributed by atoms with van der Waals surface area (Å²) in [6.07, 6.45) is 2.65. The molecule has 0 fully saturated rings. The molecular formula is C19H16Cl2N2O. The zero-order valence-electron chi connectivity index (χ0n) is 13.4. The van der Waals surface area contributed by atoms with Gasteiger partial charge in [-0.3, -0.25) is 4.79 Å². The number of carbonyl (C=O) groups is 1. The summed E-state index contributed by atoms with van der Waals surface area (Å²) in [5.41, 5.74) is 3.71. The number of aryl methyl sites for hydroxylation is 1. The number of hydrazone groups is 1. The van der Waals surface area contributed by atoms with E-state index in [0.717, 1.165) is 12.1 Å². The van der Waals surface area contributed by atoms with Gasteiger partial charge in [-0.15, -0.1) is 0 Å². The van der Waals surface area contributed by atoms with E-state index in [1.807, 2.05) is 24.3 Å². The summed E-state index contributed by atoms with van der Waals surface area (Å²) in [6, 6.07) is 13.1. The van der Waals surface area contributed by atoms with Crippen LogP contribution in [-0.4, -0.2) is 11.6 Å². The Morgan fingerprint density at radius 3 is 2.29 bits per heavy atom. The van der Waals surface area contributed by atoms with Crippen LogP contribution in [-0.2, 0) is 11.2 Å². The zero-order chi connectivity index (χ0) is 17.3. The lowest BCUT2D eigenvalue weighted by molar-refractivity contribution is -0.114. The molecule has 0 saturated heterocycles. The minimum atomic E-state index is -0.187. The third kappa shape index (κ3) is 3.10. The number of nitrogens with zero attached hydrogens (tertiary/aromatic N) is 2. The maximum absolute atomic E-state index is 12.8. The maximum atomic E-state index is 12.8. The predicted octanol–water partition coefficient (Wildman–Crippen LogP) is 5.36. The van der Waals surface area contributed by atoms with Gasteiger partial charge in [-0.25, -0.2) is 0 Å². The fourth-order valence-corrected chi connectivity index (χ4v) is 3.03. The van der Waals surface area contributed by atoms with Gasteiger partial charge >= 0.3 is 0 Å². The molecule has 3 nitrogen and oxygen atoms in total. The number of rotatable bonds is 3. The molecule has 0 N–H and O–H groups in total. The first-order chi connectivity index (χ1) is 11.5. The van der Waals surface area contributed by atoms with Crippen molar-refractivity contribution in [2.45, 2.75) is 20.3 Å². The predicted molar refractivity (Wildman–Crippen MR) is 101 cm³/mol. The third-order valence-electron chi connectivity index (χ3n) is 3.94. The number of carbonyl (C=O) groups excluding carboxylic acids is 1. The van der Waals surface area contributed by atoms with Gasteiger partial charge in [-0.2, -0.15) is 10.1 Å². The Bertz CT molecular complexity index is 834. The van der Waals surface area contributed by atoms with Crippen LogP contribution in [0.3, 0.4) is 0 Å². The lowest BCUT2D eigenvalue weighted by atomic mass is 10.1. The van der Waals surface area contributed by atoms with Gasteiger partial charge in [0.1, 0.15) is 0 Å². The summed E-state index contributed by atoms with van der Waals surface area (Å²) in [7, 11) is 0. The molecule has 1 aliphatic rings. The third-order valence-corrected chi connectivity index (χ3v) is 4.60. The normalized spacial score (nSPS) is 16.0. The van der Waals surface area contributed by atoms with E-state index in [1.165, 1.54) is 10.6 Å². The Labute approximate surface area is 151 Å². The van der Waals surface area contributed by atoms with Crippen molar-refractivity contribution in [3.8, 4) is 0 Å². The molecule has 0 unspecified atom stereocenters. The molecule has 1 heterocycles. The van der Waals surface area contributed by atoms with Crippen molar-refractivity contribution in [1.29, 1.82) is 0 Å². The lowest BCUT2D eigenvalue weighted by Gasteiger charge is -2.12. The van der Waals surface area contributed by atoms with Gasteiger partial charge in [0, 0.05) is 15.6 Å². The maximum Gasteiger partial charge on any atom is 0.280 e. The van der Waals surface area contributed by atoms with E-state index in [4.69, 9.17) is 23.2 Å². The Morgan fingerprint density at radius 2 is 1.71 bits per heavy atom. The molecule has 1 aliphatic heterocycles. The van der Waals surface area contributed by atoms with Crippen LogP contribution in [0.4, 0.5) is 5.69 Å². The summed E-state index contributed by atoms with van der Waals surface area (Å²) in [5.74, 6) is -0.187. The first kappa shape index (κ1) is 16.7. The molecule has 0 radical (unpaired) electrons. The van der Waals surface area contributed by atoms with Crippen LogP contribution in [0.5, 0.6) is 0 Å². The highest BCUT2D eigenvalue weighted by atomic mass is 35.5. The van der Waals surface area contributed by atoms with Gasteiger partial charge in [0.25, 0.3) is 5.91 Å². The van der Waals surface area contributed by atoms with Crippen LogP contribution >= 0.6 is 23.2 Å². The van der Waals surface area contributed by atoms with E-state index in [9.17, 15) is 4.79 Å². The summed E-state index contributed by atoms with van der Waals surface area (Å²) in [6.45, 7) is 3.89. The van der Waals surface area contributed by atoms with E-state index in [0.29, 0.717) is 26.9 Å².